The highest BCUT2D eigenvalue weighted by atomic mass is 19.1. The van der Waals surface area contributed by atoms with E-state index in [4.69, 9.17) is 5.73 Å². The van der Waals surface area contributed by atoms with Gasteiger partial charge in [-0.3, -0.25) is 0 Å². The molecule has 3 heteroatoms. The first-order valence-corrected chi connectivity index (χ1v) is 4.37. The summed E-state index contributed by atoms with van der Waals surface area (Å²) in [6.07, 6.45) is 0.733. The van der Waals surface area contributed by atoms with Crippen molar-refractivity contribution in [3.63, 3.8) is 0 Å². The Morgan fingerprint density at radius 3 is 2.85 bits per heavy atom. The fourth-order valence-corrected chi connectivity index (χ4v) is 1.19. The first-order valence-electron chi connectivity index (χ1n) is 4.37. The number of halogens is 1. The largest absolute Gasteiger partial charge is 0.388 e. The molecule has 0 aliphatic carbocycles. The second-order valence-electron chi connectivity index (χ2n) is 3.00. The van der Waals surface area contributed by atoms with Gasteiger partial charge in [0.2, 0.25) is 0 Å². The van der Waals surface area contributed by atoms with Crippen LogP contribution in [0, 0.1) is 5.82 Å². The minimum atomic E-state index is -0.598. The lowest BCUT2D eigenvalue weighted by molar-refractivity contribution is 0.165. The summed E-state index contributed by atoms with van der Waals surface area (Å²) in [5.41, 5.74) is 5.92. The molecule has 0 heterocycles. The molecule has 0 amide bonds. The maximum atomic E-state index is 12.7. The van der Waals surface area contributed by atoms with E-state index >= 15 is 0 Å². The lowest BCUT2D eigenvalue weighted by Crippen LogP contribution is -2.03. The molecule has 72 valence electrons. The Kier molecular flexibility index (Phi) is 3.86. The average molecular weight is 183 g/mol. The molecule has 0 fully saturated rings. The number of hydrogen-bond acceptors (Lipinski definition) is 2. The maximum Gasteiger partial charge on any atom is 0.123 e. The van der Waals surface area contributed by atoms with E-state index in [9.17, 15) is 9.50 Å². The standard InChI is InChI=1S/C10H14FNO/c11-9-4-1-3-8(7-9)10(13)5-2-6-12/h1,3-4,7,10,13H,2,5-6,12H2. The van der Waals surface area contributed by atoms with Crippen molar-refractivity contribution in [2.75, 3.05) is 6.54 Å². The van der Waals surface area contributed by atoms with Gasteiger partial charge in [0.15, 0.2) is 0 Å². The minimum Gasteiger partial charge on any atom is -0.388 e. The summed E-state index contributed by atoms with van der Waals surface area (Å²) in [4.78, 5) is 0. The molecule has 0 aliphatic rings. The van der Waals surface area contributed by atoms with Crippen LogP contribution in [-0.4, -0.2) is 11.7 Å². The van der Waals surface area contributed by atoms with Crippen molar-refractivity contribution in [3.05, 3.63) is 35.6 Å². The van der Waals surface area contributed by atoms with Crippen LogP contribution in [0.3, 0.4) is 0 Å². The summed E-state index contributed by atoms with van der Waals surface area (Å²) in [6.45, 7) is 0.548. The van der Waals surface area contributed by atoms with Gasteiger partial charge in [0.05, 0.1) is 6.10 Å². The lowest BCUT2D eigenvalue weighted by Gasteiger charge is -2.09. The Labute approximate surface area is 77.2 Å². The highest BCUT2D eigenvalue weighted by Crippen LogP contribution is 2.18. The van der Waals surface area contributed by atoms with E-state index in [1.165, 1.54) is 12.1 Å². The fourth-order valence-electron chi connectivity index (χ4n) is 1.19. The first-order chi connectivity index (χ1) is 6.24. The van der Waals surface area contributed by atoms with Crippen LogP contribution in [0.1, 0.15) is 24.5 Å². The SMILES string of the molecule is NCCCC(O)c1cccc(F)c1. The summed E-state index contributed by atoms with van der Waals surface area (Å²) in [7, 11) is 0. The zero-order chi connectivity index (χ0) is 9.68. The van der Waals surface area contributed by atoms with Crippen LogP contribution < -0.4 is 5.73 Å². The molecule has 1 rings (SSSR count). The fraction of sp³-hybridized carbons (Fsp3) is 0.400. The van der Waals surface area contributed by atoms with Crippen molar-refractivity contribution in [1.29, 1.82) is 0 Å². The Hall–Kier alpha value is -0.930. The average Bonchev–Trinajstić information content (AvgIpc) is 2.14. The number of rotatable bonds is 4. The van der Waals surface area contributed by atoms with E-state index < -0.39 is 6.10 Å². The third kappa shape index (κ3) is 3.13. The van der Waals surface area contributed by atoms with Crippen LogP contribution in [-0.2, 0) is 0 Å². The van der Waals surface area contributed by atoms with Crippen molar-refractivity contribution in [1.82, 2.24) is 0 Å². The molecular weight excluding hydrogens is 169 g/mol. The van der Waals surface area contributed by atoms with Crippen molar-refractivity contribution < 1.29 is 9.50 Å². The number of aliphatic hydroxyl groups excluding tert-OH is 1. The Morgan fingerprint density at radius 2 is 2.23 bits per heavy atom. The van der Waals surface area contributed by atoms with Crippen LogP contribution >= 0.6 is 0 Å². The van der Waals surface area contributed by atoms with Crippen LogP contribution in [0.15, 0.2) is 24.3 Å². The smallest absolute Gasteiger partial charge is 0.123 e. The van der Waals surface area contributed by atoms with E-state index in [2.05, 4.69) is 0 Å². The second-order valence-corrected chi connectivity index (χ2v) is 3.00. The molecule has 1 aromatic rings. The molecule has 1 aromatic carbocycles. The van der Waals surface area contributed by atoms with Gasteiger partial charge in [-0.2, -0.15) is 0 Å². The lowest BCUT2D eigenvalue weighted by atomic mass is 10.1. The number of aliphatic hydroxyl groups is 1. The molecule has 0 saturated carbocycles. The molecular formula is C10H14FNO. The van der Waals surface area contributed by atoms with Gasteiger partial charge in [-0.25, -0.2) is 4.39 Å². The van der Waals surface area contributed by atoms with Gasteiger partial charge >= 0.3 is 0 Å². The monoisotopic (exact) mass is 183 g/mol. The Morgan fingerprint density at radius 1 is 1.46 bits per heavy atom. The molecule has 0 aromatic heterocycles. The molecule has 0 spiro atoms. The van der Waals surface area contributed by atoms with Crippen LogP contribution in [0.5, 0.6) is 0 Å². The van der Waals surface area contributed by atoms with Crippen LogP contribution in [0.4, 0.5) is 4.39 Å². The van der Waals surface area contributed by atoms with E-state index in [0.717, 1.165) is 6.42 Å². The molecule has 3 N–H and O–H groups in total. The predicted molar refractivity (Wildman–Crippen MR) is 49.6 cm³/mol. The van der Waals surface area contributed by atoms with Gasteiger partial charge < -0.3 is 10.8 Å². The van der Waals surface area contributed by atoms with E-state index in [1.54, 1.807) is 12.1 Å². The first kappa shape index (κ1) is 10.2. The predicted octanol–water partition coefficient (Wildman–Crippen LogP) is 1.60. The van der Waals surface area contributed by atoms with Crippen LogP contribution in [0.25, 0.3) is 0 Å². The zero-order valence-corrected chi connectivity index (χ0v) is 7.41. The molecule has 0 radical (unpaired) electrons. The van der Waals surface area contributed by atoms with E-state index in [-0.39, 0.29) is 5.82 Å². The quantitative estimate of drug-likeness (QED) is 0.744. The van der Waals surface area contributed by atoms with Gasteiger partial charge in [-0.05, 0) is 37.1 Å². The molecule has 0 aliphatic heterocycles. The van der Waals surface area contributed by atoms with Crippen LogP contribution in [0.2, 0.25) is 0 Å². The summed E-state index contributed by atoms with van der Waals surface area (Å²) < 4.78 is 12.7. The molecule has 2 nitrogen and oxygen atoms in total. The molecule has 0 saturated heterocycles. The number of hydrogen-bond donors (Lipinski definition) is 2. The third-order valence-corrected chi connectivity index (χ3v) is 1.92. The van der Waals surface area contributed by atoms with Gasteiger partial charge in [0.25, 0.3) is 0 Å². The summed E-state index contributed by atoms with van der Waals surface area (Å²) in [5.74, 6) is -0.315. The number of benzene rings is 1. The highest BCUT2D eigenvalue weighted by molar-refractivity contribution is 5.18. The molecule has 1 atom stereocenters. The summed E-state index contributed by atoms with van der Waals surface area (Å²) >= 11 is 0. The minimum absolute atomic E-state index is 0.315. The summed E-state index contributed by atoms with van der Waals surface area (Å²) in [5, 5.41) is 9.55. The van der Waals surface area contributed by atoms with Crippen molar-refractivity contribution in [3.8, 4) is 0 Å². The normalized spacial score (nSPS) is 12.8. The van der Waals surface area contributed by atoms with Crippen molar-refractivity contribution in [2.45, 2.75) is 18.9 Å². The van der Waals surface area contributed by atoms with Gasteiger partial charge in [-0.1, -0.05) is 12.1 Å². The Bertz CT molecular complexity index is 265. The van der Waals surface area contributed by atoms with Gasteiger partial charge in [-0.15, -0.1) is 0 Å². The van der Waals surface area contributed by atoms with Crippen molar-refractivity contribution in [2.24, 2.45) is 5.73 Å². The zero-order valence-electron chi connectivity index (χ0n) is 7.41. The molecule has 0 bridgehead atoms. The molecule has 13 heavy (non-hydrogen) atoms. The van der Waals surface area contributed by atoms with Crippen molar-refractivity contribution >= 4 is 0 Å². The molecule has 1 unspecified atom stereocenters. The highest BCUT2D eigenvalue weighted by Gasteiger charge is 2.06. The van der Waals surface area contributed by atoms with Gasteiger partial charge in [0.1, 0.15) is 5.82 Å². The third-order valence-electron chi connectivity index (χ3n) is 1.92. The van der Waals surface area contributed by atoms with Gasteiger partial charge in [0, 0.05) is 0 Å². The number of nitrogens with two attached hydrogens (primary N) is 1. The summed E-state index contributed by atoms with van der Waals surface area (Å²) in [6, 6.07) is 6.01. The second kappa shape index (κ2) is 4.94. The van der Waals surface area contributed by atoms with E-state index in [1.807, 2.05) is 0 Å². The van der Waals surface area contributed by atoms with E-state index in [0.29, 0.717) is 18.5 Å². The Balaban J connectivity index is 2.60. The topological polar surface area (TPSA) is 46.2 Å². The maximum absolute atomic E-state index is 12.7.